The Kier molecular flexibility index (Phi) is 2.56. The number of hydrogen-bond acceptors (Lipinski definition) is 1. The van der Waals surface area contributed by atoms with Crippen LogP contribution >= 0.6 is 0 Å². The zero-order valence-corrected chi connectivity index (χ0v) is 7.63. The van der Waals surface area contributed by atoms with Crippen LogP contribution in [0, 0.1) is 0 Å². The molecule has 1 unspecified atom stereocenters. The Balaban J connectivity index is 2.30. The fourth-order valence-electron chi connectivity index (χ4n) is 1.35. The van der Waals surface area contributed by atoms with Crippen molar-refractivity contribution >= 4 is 0 Å². The maximum absolute atomic E-state index is 11.9. The van der Waals surface area contributed by atoms with E-state index in [1.54, 1.807) is 24.5 Å². The predicted octanol–water partition coefficient (Wildman–Crippen LogP) is 2.60. The zero-order valence-electron chi connectivity index (χ0n) is 7.63. The summed E-state index contributed by atoms with van der Waals surface area (Å²) in [5.74, 6) is 0. The zero-order chi connectivity index (χ0) is 9.80. The van der Waals surface area contributed by atoms with Gasteiger partial charge in [-0.2, -0.15) is 0 Å². The predicted molar refractivity (Wildman–Crippen MR) is 53.2 cm³/mol. The van der Waals surface area contributed by atoms with Gasteiger partial charge in [-0.25, -0.2) is 5.11 Å². The molecular formula is C12H10NO. The lowest BCUT2D eigenvalue weighted by molar-refractivity contribution is 0.124. The lowest BCUT2D eigenvalue weighted by atomic mass is 10.0. The van der Waals surface area contributed by atoms with Gasteiger partial charge in [-0.3, -0.25) is 4.98 Å². The maximum atomic E-state index is 11.9. The van der Waals surface area contributed by atoms with Crippen LogP contribution < -0.4 is 0 Å². The Labute approximate surface area is 82.9 Å². The van der Waals surface area contributed by atoms with E-state index < -0.39 is 6.10 Å². The van der Waals surface area contributed by atoms with E-state index in [1.807, 2.05) is 30.3 Å². The van der Waals surface area contributed by atoms with Crippen LogP contribution in [0.2, 0.25) is 0 Å². The quantitative estimate of drug-likeness (QED) is 0.706. The van der Waals surface area contributed by atoms with Gasteiger partial charge in [-0.15, -0.1) is 0 Å². The van der Waals surface area contributed by atoms with Gasteiger partial charge in [-0.1, -0.05) is 36.4 Å². The van der Waals surface area contributed by atoms with E-state index >= 15 is 0 Å². The lowest BCUT2D eigenvalue weighted by Crippen LogP contribution is -1.97. The fraction of sp³-hybridized carbons (Fsp3) is 0.0833. The van der Waals surface area contributed by atoms with Gasteiger partial charge in [-0.05, 0) is 11.6 Å². The minimum absolute atomic E-state index is 0.707. The molecule has 1 aromatic heterocycles. The largest absolute Gasteiger partial charge is 0.264 e. The average molecular weight is 184 g/mol. The SMILES string of the molecule is [O]C(c1ccccc1)c1cccnc1. The maximum Gasteiger partial charge on any atom is 0.145 e. The second-order valence-electron chi connectivity index (χ2n) is 3.08. The van der Waals surface area contributed by atoms with E-state index in [0.717, 1.165) is 5.56 Å². The molecule has 1 aromatic carbocycles. The summed E-state index contributed by atoms with van der Waals surface area (Å²) in [7, 11) is 0. The molecule has 0 aliphatic heterocycles. The number of aromatic nitrogens is 1. The third-order valence-corrected chi connectivity index (χ3v) is 2.09. The number of hydrogen-bond donors (Lipinski definition) is 0. The summed E-state index contributed by atoms with van der Waals surface area (Å²) in [6.07, 6.45) is 2.45. The first-order valence-electron chi connectivity index (χ1n) is 4.48. The first kappa shape index (κ1) is 8.91. The summed E-state index contributed by atoms with van der Waals surface area (Å²) in [5, 5.41) is 11.9. The second-order valence-corrected chi connectivity index (χ2v) is 3.08. The van der Waals surface area contributed by atoms with Crippen molar-refractivity contribution in [2.24, 2.45) is 0 Å². The van der Waals surface area contributed by atoms with Crippen LogP contribution in [0.15, 0.2) is 54.9 Å². The molecule has 14 heavy (non-hydrogen) atoms. The monoisotopic (exact) mass is 184 g/mol. The topological polar surface area (TPSA) is 32.8 Å². The van der Waals surface area contributed by atoms with E-state index in [9.17, 15) is 5.11 Å². The molecule has 0 saturated heterocycles. The van der Waals surface area contributed by atoms with Gasteiger partial charge in [0.05, 0.1) is 0 Å². The van der Waals surface area contributed by atoms with Crippen LogP contribution in [0.1, 0.15) is 17.2 Å². The van der Waals surface area contributed by atoms with Crippen molar-refractivity contribution < 1.29 is 5.11 Å². The number of benzene rings is 1. The number of rotatable bonds is 2. The van der Waals surface area contributed by atoms with Crippen LogP contribution in [-0.4, -0.2) is 4.98 Å². The standard InChI is InChI=1S/C12H10NO/c14-12(10-5-2-1-3-6-10)11-7-4-8-13-9-11/h1-9,12H. The number of nitrogens with zero attached hydrogens (tertiary/aromatic N) is 1. The molecule has 0 bridgehead atoms. The third-order valence-electron chi connectivity index (χ3n) is 2.09. The third kappa shape index (κ3) is 1.80. The van der Waals surface area contributed by atoms with Crippen LogP contribution in [0.25, 0.3) is 0 Å². The molecule has 0 spiro atoms. The molecule has 1 heterocycles. The van der Waals surface area contributed by atoms with Crippen molar-refractivity contribution in [1.29, 1.82) is 0 Å². The highest BCUT2D eigenvalue weighted by Crippen LogP contribution is 2.20. The average Bonchev–Trinajstić information content (AvgIpc) is 2.30. The Morgan fingerprint density at radius 2 is 1.64 bits per heavy atom. The van der Waals surface area contributed by atoms with E-state index in [-0.39, 0.29) is 0 Å². The smallest absolute Gasteiger partial charge is 0.145 e. The van der Waals surface area contributed by atoms with Crippen LogP contribution in [0.4, 0.5) is 0 Å². The Bertz CT molecular complexity index is 346. The van der Waals surface area contributed by atoms with Gasteiger partial charge >= 0.3 is 0 Å². The van der Waals surface area contributed by atoms with Gasteiger partial charge in [0.15, 0.2) is 0 Å². The molecule has 0 fully saturated rings. The van der Waals surface area contributed by atoms with Crippen LogP contribution in [0.5, 0.6) is 0 Å². The molecule has 0 N–H and O–H groups in total. The molecule has 0 saturated carbocycles. The van der Waals surface area contributed by atoms with E-state index in [4.69, 9.17) is 0 Å². The van der Waals surface area contributed by atoms with Gasteiger partial charge in [0.1, 0.15) is 6.10 Å². The van der Waals surface area contributed by atoms with Gasteiger partial charge in [0.25, 0.3) is 0 Å². The second kappa shape index (κ2) is 4.03. The van der Waals surface area contributed by atoms with E-state index in [2.05, 4.69) is 4.98 Å². The van der Waals surface area contributed by atoms with E-state index in [0.29, 0.717) is 5.56 Å². The highest BCUT2D eigenvalue weighted by Gasteiger charge is 2.10. The van der Waals surface area contributed by atoms with Gasteiger partial charge in [0, 0.05) is 18.0 Å². The summed E-state index contributed by atoms with van der Waals surface area (Å²) in [6, 6.07) is 12.9. The molecule has 2 aromatic rings. The summed E-state index contributed by atoms with van der Waals surface area (Å²) < 4.78 is 0. The summed E-state index contributed by atoms with van der Waals surface area (Å²) in [5.41, 5.74) is 1.49. The lowest BCUT2D eigenvalue weighted by Gasteiger charge is -2.07. The van der Waals surface area contributed by atoms with Crippen molar-refractivity contribution in [3.63, 3.8) is 0 Å². The van der Waals surface area contributed by atoms with Crippen molar-refractivity contribution in [2.45, 2.75) is 6.10 Å². The number of pyridine rings is 1. The first-order chi connectivity index (χ1) is 6.88. The normalized spacial score (nSPS) is 12.4. The molecule has 0 aliphatic carbocycles. The highest BCUT2D eigenvalue weighted by atomic mass is 16.3. The van der Waals surface area contributed by atoms with Gasteiger partial charge in [0.2, 0.25) is 0 Å². The minimum atomic E-state index is -0.829. The van der Waals surface area contributed by atoms with Crippen LogP contribution in [-0.2, 0) is 5.11 Å². The first-order valence-corrected chi connectivity index (χ1v) is 4.48. The summed E-state index contributed by atoms with van der Waals surface area (Å²) in [4.78, 5) is 3.93. The molecule has 0 aliphatic rings. The molecule has 2 nitrogen and oxygen atoms in total. The highest BCUT2D eigenvalue weighted by molar-refractivity contribution is 5.27. The van der Waals surface area contributed by atoms with Crippen molar-refractivity contribution in [3.8, 4) is 0 Å². The van der Waals surface area contributed by atoms with E-state index in [1.165, 1.54) is 0 Å². The molecule has 2 rings (SSSR count). The molecule has 0 amide bonds. The summed E-state index contributed by atoms with van der Waals surface area (Å²) >= 11 is 0. The van der Waals surface area contributed by atoms with Crippen molar-refractivity contribution in [2.75, 3.05) is 0 Å². The molecule has 1 atom stereocenters. The Hall–Kier alpha value is -1.67. The van der Waals surface area contributed by atoms with Crippen molar-refractivity contribution in [3.05, 3.63) is 66.0 Å². The molecule has 2 heteroatoms. The Morgan fingerprint density at radius 3 is 2.29 bits per heavy atom. The fourth-order valence-corrected chi connectivity index (χ4v) is 1.35. The Morgan fingerprint density at radius 1 is 0.929 bits per heavy atom. The molecule has 69 valence electrons. The molecule has 1 radical (unpaired) electrons. The minimum Gasteiger partial charge on any atom is -0.264 e. The summed E-state index contributed by atoms with van der Waals surface area (Å²) in [6.45, 7) is 0. The van der Waals surface area contributed by atoms with Gasteiger partial charge < -0.3 is 0 Å². The molecular weight excluding hydrogens is 174 g/mol. The van der Waals surface area contributed by atoms with Crippen LogP contribution in [0.3, 0.4) is 0 Å². The van der Waals surface area contributed by atoms with Crippen molar-refractivity contribution in [1.82, 2.24) is 4.98 Å².